The van der Waals surface area contributed by atoms with Crippen LogP contribution in [-0.4, -0.2) is 46.0 Å². The maximum atomic E-state index is 11.0. The van der Waals surface area contributed by atoms with Crippen molar-refractivity contribution >= 4 is 22.8 Å². The molecule has 0 saturated carbocycles. The molecule has 7 heteroatoms. The first kappa shape index (κ1) is 11.8. The van der Waals surface area contributed by atoms with E-state index in [0.717, 1.165) is 16.5 Å². The van der Waals surface area contributed by atoms with Gasteiger partial charge in [0.15, 0.2) is 5.82 Å². The lowest BCUT2D eigenvalue weighted by Gasteiger charge is -2.31. The Morgan fingerprint density at radius 3 is 3.21 bits per heavy atom. The van der Waals surface area contributed by atoms with Crippen molar-refractivity contribution in [3.63, 3.8) is 0 Å². The molecule has 1 aliphatic rings. The molecule has 4 N–H and O–H groups in total. The van der Waals surface area contributed by atoms with E-state index in [1.165, 1.54) is 4.90 Å². The van der Waals surface area contributed by atoms with Crippen LogP contribution in [0.5, 0.6) is 0 Å². The van der Waals surface area contributed by atoms with E-state index < -0.39 is 6.09 Å². The van der Waals surface area contributed by atoms with Crippen LogP contribution in [0.3, 0.4) is 0 Å². The molecular weight excluding hydrogens is 248 g/mol. The van der Waals surface area contributed by atoms with E-state index in [9.17, 15) is 4.79 Å². The lowest BCUT2D eigenvalue weighted by molar-refractivity contribution is -0.0231. The Balaban J connectivity index is 1.89. The van der Waals surface area contributed by atoms with Crippen LogP contribution < -0.4 is 5.73 Å². The molecule has 1 aromatic carbocycles. The van der Waals surface area contributed by atoms with E-state index in [1.807, 2.05) is 18.2 Å². The fraction of sp³-hybridized carbons (Fsp3) is 0.333. The minimum absolute atomic E-state index is 0.251. The number of ether oxygens (including phenoxy) is 1. The van der Waals surface area contributed by atoms with E-state index in [-0.39, 0.29) is 6.10 Å². The Morgan fingerprint density at radius 1 is 1.58 bits per heavy atom. The molecule has 0 spiro atoms. The Bertz CT molecular complexity index is 624. The monoisotopic (exact) mass is 262 g/mol. The Labute approximate surface area is 108 Å². The van der Waals surface area contributed by atoms with E-state index in [1.54, 1.807) is 0 Å². The van der Waals surface area contributed by atoms with Gasteiger partial charge in [0, 0.05) is 11.9 Å². The van der Waals surface area contributed by atoms with E-state index >= 15 is 0 Å². The van der Waals surface area contributed by atoms with Crippen LogP contribution in [0.2, 0.25) is 0 Å². The highest BCUT2D eigenvalue weighted by atomic mass is 16.5. The topological polar surface area (TPSA) is 104 Å². The molecule has 7 nitrogen and oxygen atoms in total. The SMILES string of the molecule is Nc1n[nH]c2cc(C3CN(C(=O)O)CCO3)ccc12. The van der Waals surface area contributed by atoms with Crippen LogP contribution in [-0.2, 0) is 4.74 Å². The standard InChI is InChI=1S/C12H14N4O3/c13-11-8-2-1-7(5-9(8)14-15-11)10-6-16(12(17)18)3-4-19-10/h1-2,5,10H,3-4,6H2,(H,17,18)(H3,13,14,15). The molecule has 1 fully saturated rings. The molecule has 1 unspecified atom stereocenters. The summed E-state index contributed by atoms with van der Waals surface area (Å²) in [5.74, 6) is 0.457. The summed E-state index contributed by atoms with van der Waals surface area (Å²) >= 11 is 0. The molecule has 1 amide bonds. The number of carbonyl (C=O) groups is 1. The van der Waals surface area contributed by atoms with Gasteiger partial charge >= 0.3 is 6.09 Å². The third kappa shape index (κ3) is 2.08. The number of aromatic nitrogens is 2. The molecular formula is C12H14N4O3. The van der Waals surface area contributed by atoms with Gasteiger partial charge in [0.2, 0.25) is 0 Å². The Hall–Kier alpha value is -2.28. The third-order valence-corrected chi connectivity index (χ3v) is 3.33. The number of rotatable bonds is 1. The summed E-state index contributed by atoms with van der Waals surface area (Å²) in [5, 5.41) is 16.6. The molecule has 2 aromatic rings. The van der Waals surface area contributed by atoms with Crippen LogP contribution in [0.25, 0.3) is 10.9 Å². The van der Waals surface area contributed by atoms with Gasteiger partial charge in [-0.2, -0.15) is 5.10 Å². The van der Waals surface area contributed by atoms with Crippen LogP contribution in [0, 0.1) is 0 Å². The quantitative estimate of drug-likeness (QED) is 0.716. The minimum Gasteiger partial charge on any atom is -0.465 e. The normalized spacial score (nSPS) is 19.8. The number of anilines is 1. The largest absolute Gasteiger partial charge is 0.465 e. The van der Waals surface area contributed by atoms with Crippen molar-refractivity contribution in [3.05, 3.63) is 23.8 Å². The predicted molar refractivity (Wildman–Crippen MR) is 68.8 cm³/mol. The molecule has 1 atom stereocenters. The third-order valence-electron chi connectivity index (χ3n) is 3.33. The summed E-state index contributed by atoms with van der Waals surface area (Å²) in [7, 11) is 0. The van der Waals surface area contributed by atoms with Crippen LogP contribution in [0.4, 0.5) is 10.6 Å². The van der Waals surface area contributed by atoms with E-state index in [0.29, 0.717) is 25.5 Å². The number of carboxylic acid groups (broad SMARTS) is 1. The van der Waals surface area contributed by atoms with Gasteiger partial charge in [-0.05, 0) is 17.7 Å². The zero-order chi connectivity index (χ0) is 13.4. The summed E-state index contributed by atoms with van der Waals surface area (Å²) < 4.78 is 5.63. The van der Waals surface area contributed by atoms with Gasteiger partial charge < -0.3 is 20.5 Å². The second-order valence-electron chi connectivity index (χ2n) is 4.50. The average molecular weight is 262 g/mol. The first-order valence-electron chi connectivity index (χ1n) is 5.98. The summed E-state index contributed by atoms with van der Waals surface area (Å²) in [6, 6.07) is 5.66. The summed E-state index contributed by atoms with van der Waals surface area (Å²) in [6.07, 6.45) is -1.17. The van der Waals surface area contributed by atoms with Crippen molar-refractivity contribution in [2.24, 2.45) is 0 Å². The number of nitrogens with zero attached hydrogens (tertiary/aromatic N) is 2. The number of hydrogen-bond acceptors (Lipinski definition) is 4. The van der Waals surface area contributed by atoms with Crippen molar-refractivity contribution in [3.8, 4) is 0 Å². The van der Waals surface area contributed by atoms with Crippen LogP contribution in [0.15, 0.2) is 18.2 Å². The van der Waals surface area contributed by atoms with Gasteiger partial charge in [0.05, 0.1) is 18.7 Å². The molecule has 0 radical (unpaired) electrons. The van der Waals surface area contributed by atoms with Gasteiger partial charge in [0.25, 0.3) is 0 Å². The van der Waals surface area contributed by atoms with Crippen molar-refractivity contribution in [1.29, 1.82) is 0 Å². The number of amides is 1. The highest BCUT2D eigenvalue weighted by Crippen LogP contribution is 2.26. The van der Waals surface area contributed by atoms with Gasteiger partial charge in [0.1, 0.15) is 6.10 Å². The Kier molecular flexibility index (Phi) is 2.75. The summed E-state index contributed by atoms with van der Waals surface area (Å²) in [5.41, 5.74) is 7.45. The highest BCUT2D eigenvalue weighted by Gasteiger charge is 2.25. The second-order valence-corrected chi connectivity index (χ2v) is 4.50. The van der Waals surface area contributed by atoms with Gasteiger partial charge in [-0.3, -0.25) is 5.10 Å². The van der Waals surface area contributed by atoms with Crippen molar-refractivity contribution in [1.82, 2.24) is 15.1 Å². The smallest absolute Gasteiger partial charge is 0.407 e. The van der Waals surface area contributed by atoms with E-state index in [4.69, 9.17) is 15.6 Å². The number of benzene rings is 1. The maximum Gasteiger partial charge on any atom is 0.407 e. The van der Waals surface area contributed by atoms with Gasteiger partial charge in [-0.25, -0.2) is 4.79 Å². The molecule has 2 heterocycles. The number of nitrogen functional groups attached to an aromatic ring is 1. The number of morpholine rings is 1. The van der Waals surface area contributed by atoms with E-state index in [2.05, 4.69) is 10.2 Å². The Morgan fingerprint density at radius 2 is 2.42 bits per heavy atom. The summed E-state index contributed by atoms with van der Waals surface area (Å²) in [6.45, 7) is 1.15. The van der Waals surface area contributed by atoms with Crippen LogP contribution >= 0.6 is 0 Å². The van der Waals surface area contributed by atoms with Crippen molar-refractivity contribution in [2.75, 3.05) is 25.4 Å². The zero-order valence-electron chi connectivity index (χ0n) is 10.2. The fourth-order valence-electron chi connectivity index (χ4n) is 2.28. The van der Waals surface area contributed by atoms with Crippen molar-refractivity contribution in [2.45, 2.75) is 6.10 Å². The number of aromatic amines is 1. The molecule has 1 aliphatic heterocycles. The first-order valence-corrected chi connectivity index (χ1v) is 5.98. The molecule has 100 valence electrons. The number of fused-ring (bicyclic) bond motifs is 1. The molecule has 0 bridgehead atoms. The zero-order valence-corrected chi connectivity index (χ0v) is 10.2. The molecule has 0 aliphatic carbocycles. The second kappa shape index (κ2) is 4.43. The predicted octanol–water partition coefficient (Wildman–Crippen LogP) is 1.20. The number of nitrogens with two attached hydrogens (primary N) is 1. The number of nitrogens with one attached hydrogen (secondary N) is 1. The molecule has 19 heavy (non-hydrogen) atoms. The minimum atomic E-state index is -0.917. The summed E-state index contributed by atoms with van der Waals surface area (Å²) in [4.78, 5) is 12.3. The molecule has 3 rings (SSSR count). The molecule has 1 aromatic heterocycles. The molecule has 1 saturated heterocycles. The van der Waals surface area contributed by atoms with Gasteiger partial charge in [-0.1, -0.05) is 6.07 Å². The fourth-order valence-corrected chi connectivity index (χ4v) is 2.28. The lowest BCUT2D eigenvalue weighted by atomic mass is 10.1. The highest BCUT2D eigenvalue weighted by molar-refractivity contribution is 5.88. The maximum absolute atomic E-state index is 11.0. The van der Waals surface area contributed by atoms with Crippen molar-refractivity contribution < 1.29 is 14.6 Å². The average Bonchev–Trinajstić information content (AvgIpc) is 2.80. The van der Waals surface area contributed by atoms with Gasteiger partial charge in [-0.15, -0.1) is 0 Å². The number of H-pyrrole nitrogens is 1. The number of hydrogen-bond donors (Lipinski definition) is 3. The first-order chi connectivity index (χ1) is 9.15. The lowest BCUT2D eigenvalue weighted by Crippen LogP contribution is -2.41. The van der Waals surface area contributed by atoms with Crippen LogP contribution in [0.1, 0.15) is 11.7 Å².